The quantitative estimate of drug-likeness (QED) is 0.862. The van der Waals surface area contributed by atoms with Gasteiger partial charge in [-0.2, -0.15) is 0 Å². The largest absolute Gasteiger partial charge is 0.480 e. The third-order valence-electron chi connectivity index (χ3n) is 3.13. The Bertz CT molecular complexity index is 412. The minimum absolute atomic E-state index is 0.126. The second-order valence-electron chi connectivity index (χ2n) is 4.75. The zero-order valence-electron chi connectivity index (χ0n) is 11.0. The van der Waals surface area contributed by atoms with Gasteiger partial charge in [-0.25, -0.2) is 4.79 Å². The molecule has 18 heavy (non-hydrogen) atoms. The number of hydrogen-bond donors (Lipinski definition) is 1. The molecule has 0 bridgehead atoms. The van der Waals surface area contributed by atoms with Crippen LogP contribution in [0.1, 0.15) is 31.6 Å². The molecule has 0 aromatic carbocycles. The lowest BCUT2D eigenvalue weighted by atomic mass is 10.0. The minimum Gasteiger partial charge on any atom is -0.480 e. The van der Waals surface area contributed by atoms with Crippen LogP contribution in [0.5, 0.6) is 0 Å². The maximum Gasteiger partial charge on any atom is 0.329 e. The van der Waals surface area contributed by atoms with Crippen LogP contribution in [0.15, 0.2) is 17.5 Å². The SMILES string of the molecule is CN(C(=O)CCCc1cccs1)C(C)(C)C(=O)O. The molecule has 0 aliphatic rings. The third-order valence-corrected chi connectivity index (χ3v) is 4.07. The molecular weight excluding hydrogens is 250 g/mol. The van der Waals surface area contributed by atoms with E-state index in [1.54, 1.807) is 18.4 Å². The number of aryl methyl sites for hydroxylation is 1. The molecule has 1 rings (SSSR count). The van der Waals surface area contributed by atoms with Gasteiger partial charge in [-0.05, 0) is 38.1 Å². The molecule has 100 valence electrons. The van der Waals surface area contributed by atoms with Crippen molar-refractivity contribution in [2.24, 2.45) is 0 Å². The van der Waals surface area contributed by atoms with Crippen LogP contribution >= 0.6 is 11.3 Å². The summed E-state index contributed by atoms with van der Waals surface area (Å²) in [6, 6.07) is 4.03. The van der Waals surface area contributed by atoms with Gasteiger partial charge in [0.2, 0.25) is 5.91 Å². The van der Waals surface area contributed by atoms with Gasteiger partial charge in [-0.3, -0.25) is 4.79 Å². The molecule has 0 fully saturated rings. The van der Waals surface area contributed by atoms with Gasteiger partial charge >= 0.3 is 5.97 Å². The lowest BCUT2D eigenvalue weighted by molar-refractivity contribution is -0.155. The molecule has 5 heteroatoms. The Morgan fingerprint density at radius 3 is 2.61 bits per heavy atom. The van der Waals surface area contributed by atoms with Crippen molar-refractivity contribution >= 4 is 23.2 Å². The van der Waals surface area contributed by atoms with Crippen LogP contribution in [0.3, 0.4) is 0 Å². The number of hydrogen-bond acceptors (Lipinski definition) is 3. The summed E-state index contributed by atoms with van der Waals surface area (Å²) in [6.07, 6.45) is 2.00. The van der Waals surface area contributed by atoms with Gasteiger partial charge in [0.15, 0.2) is 0 Å². The van der Waals surface area contributed by atoms with E-state index in [1.807, 2.05) is 17.5 Å². The van der Waals surface area contributed by atoms with Crippen LogP contribution in [0.2, 0.25) is 0 Å². The van der Waals surface area contributed by atoms with Crippen molar-refractivity contribution in [1.82, 2.24) is 4.90 Å². The summed E-state index contributed by atoms with van der Waals surface area (Å²) >= 11 is 1.67. The fourth-order valence-electron chi connectivity index (χ4n) is 1.49. The number of carbonyl (C=O) groups excluding carboxylic acids is 1. The lowest BCUT2D eigenvalue weighted by Gasteiger charge is -2.31. The van der Waals surface area contributed by atoms with Crippen LogP contribution in [0, 0.1) is 0 Å². The number of amides is 1. The number of carboxylic acid groups (broad SMARTS) is 1. The van der Waals surface area contributed by atoms with E-state index in [9.17, 15) is 9.59 Å². The van der Waals surface area contributed by atoms with E-state index < -0.39 is 11.5 Å². The topological polar surface area (TPSA) is 57.6 Å². The average molecular weight is 269 g/mol. The molecule has 0 aliphatic carbocycles. The molecule has 0 saturated heterocycles. The first-order chi connectivity index (χ1) is 8.35. The second-order valence-corrected chi connectivity index (χ2v) is 5.78. The van der Waals surface area contributed by atoms with E-state index in [2.05, 4.69) is 0 Å². The highest BCUT2D eigenvalue weighted by molar-refractivity contribution is 7.09. The Hall–Kier alpha value is -1.36. The van der Waals surface area contributed by atoms with Gasteiger partial charge < -0.3 is 10.0 Å². The summed E-state index contributed by atoms with van der Waals surface area (Å²) in [5, 5.41) is 11.1. The van der Waals surface area contributed by atoms with Crippen molar-refractivity contribution in [2.45, 2.75) is 38.6 Å². The van der Waals surface area contributed by atoms with Crippen LogP contribution in [-0.2, 0) is 16.0 Å². The molecule has 0 saturated carbocycles. The van der Waals surface area contributed by atoms with Gasteiger partial charge in [0.25, 0.3) is 0 Å². The van der Waals surface area contributed by atoms with Crippen molar-refractivity contribution < 1.29 is 14.7 Å². The molecule has 4 nitrogen and oxygen atoms in total. The van der Waals surface area contributed by atoms with Crippen LogP contribution in [0.25, 0.3) is 0 Å². The molecule has 0 spiro atoms. The van der Waals surface area contributed by atoms with E-state index in [-0.39, 0.29) is 5.91 Å². The van der Waals surface area contributed by atoms with Crippen molar-refractivity contribution in [3.05, 3.63) is 22.4 Å². The van der Waals surface area contributed by atoms with Crippen molar-refractivity contribution in [3.8, 4) is 0 Å². The van der Waals surface area contributed by atoms with E-state index >= 15 is 0 Å². The summed E-state index contributed by atoms with van der Waals surface area (Å²) in [7, 11) is 1.54. The van der Waals surface area contributed by atoms with E-state index in [4.69, 9.17) is 5.11 Å². The summed E-state index contributed by atoms with van der Waals surface area (Å²) in [5.74, 6) is -1.12. The summed E-state index contributed by atoms with van der Waals surface area (Å²) in [6.45, 7) is 3.07. The van der Waals surface area contributed by atoms with E-state index in [0.717, 1.165) is 12.8 Å². The fourth-order valence-corrected chi connectivity index (χ4v) is 2.24. The Morgan fingerprint density at radius 2 is 2.11 bits per heavy atom. The monoisotopic (exact) mass is 269 g/mol. The summed E-state index contributed by atoms with van der Waals surface area (Å²) in [5.41, 5.74) is -1.15. The number of aliphatic carboxylic acids is 1. The number of carboxylic acids is 1. The first-order valence-corrected chi connectivity index (χ1v) is 6.76. The van der Waals surface area contributed by atoms with Gasteiger partial charge in [0.05, 0.1) is 0 Å². The van der Waals surface area contributed by atoms with Crippen molar-refractivity contribution in [3.63, 3.8) is 0 Å². The Labute approximate surface area is 111 Å². The first kappa shape index (κ1) is 14.7. The van der Waals surface area contributed by atoms with Crippen LogP contribution in [-0.4, -0.2) is 34.5 Å². The molecule has 0 radical (unpaired) electrons. The lowest BCUT2D eigenvalue weighted by Crippen LogP contribution is -2.50. The molecule has 1 heterocycles. The third kappa shape index (κ3) is 3.57. The number of rotatable bonds is 6. The number of thiophene rings is 1. The molecule has 0 aliphatic heterocycles. The number of nitrogens with zero attached hydrogens (tertiary/aromatic N) is 1. The summed E-state index contributed by atoms with van der Waals surface area (Å²) < 4.78 is 0. The van der Waals surface area contributed by atoms with Crippen molar-refractivity contribution in [2.75, 3.05) is 7.05 Å². The zero-order chi connectivity index (χ0) is 13.8. The van der Waals surface area contributed by atoms with Crippen LogP contribution < -0.4 is 0 Å². The van der Waals surface area contributed by atoms with Gasteiger partial charge in [0, 0.05) is 18.3 Å². The normalized spacial score (nSPS) is 11.3. The molecule has 1 amide bonds. The highest BCUT2D eigenvalue weighted by Crippen LogP contribution is 2.16. The minimum atomic E-state index is -1.15. The number of carbonyl (C=O) groups is 2. The zero-order valence-corrected chi connectivity index (χ0v) is 11.8. The van der Waals surface area contributed by atoms with Gasteiger partial charge in [-0.15, -0.1) is 11.3 Å². The molecule has 0 unspecified atom stereocenters. The molecule has 1 aromatic heterocycles. The highest BCUT2D eigenvalue weighted by atomic mass is 32.1. The van der Waals surface area contributed by atoms with Gasteiger partial charge in [0.1, 0.15) is 5.54 Å². The average Bonchev–Trinajstić information content (AvgIpc) is 2.80. The smallest absolute Gasteiger partial charge is 0.329 e. The summed E-state index contributed by atoms with van der Waals surface area (Å²) in [4.78, 5) is 25.5. The molecule has 1 aromatic rings. The predicted molar refractivity (Wildman–Crippen MR) is 71.7 cm³/mol. The molecular formula is C13H19NO3S. The maximum absolute atomic E-state index is 11.9. The Kier molecular flexibility index (Phi) is 4.90. The highest BCUT2D eigenvalue weighted by Gasteiger charge is 2.34. The van der Waals surface area contributed by atoms with Gasteiger partial charge in [-0.1, -0.05) is 6.07 Å². The molecule has 1 N–H and O–H groups in total. The maximum atomic E-state index is 11.9. The fraction of sp³-hybridized carbons (Fsp3) is 0.538. The number of likely N-dealkylation sites (N-methyl/N-ethyl adjacent to an activating group) is 1. The Balaban J connectivity index is 2.43. The van der Waals surface area contributed by atoms with E-state index in [1.165, 1.54) is 23.6 Å². The standard InChI is InChI=1S/C13H19NO3S/c1-13(2,12(16)17)14(3)11(15)8-4-6-10-7-5-9-18-10/h5,7,9H,4,6,8H2,1-3H3,(H,16,17). The van der Waals surface area contributed by atoms with E-state index in [0.29, 0.717) is 6.42 Å². The molecule has 0 atom stereocenters. The predicted octanol–water partition coefficient (Wildman–Crippen LogP) is 2.39. The first-order valence-electron chi connectivity index (χ1n) is 5.88. The Morgan fingerprint density at radius 1 is 1.44 bits per heavy atom. The second kappa shape index (κ2) is 6.00. The van der Waals surface area contributed by atoms with Crippen LogP contribution in [0.4, 0.5) is 0 Å². The van der Waals surface area contributed by atoms with Crippen molar-refractivity contribution in [1.29, 1.82) is 0 Å².